The number of hydrogen-bond acceptors (Lipinski definition) is 3. The molecular formula is C13H14FN3O. The molecule has 1 aliphatic rings. The van der Waals surface area contributed by atoms with Crippen molar-refractivity contribution in [2.24, 2.45) is 0 Å². The van der Waals surface area contributed by atoms with Crippen LogP contribution in [-0.2, 0) is 6.54 Å². The first-order valence-corrected chi connectivity index (χ1v) is 5.89. The van der Waals surface area contributed by atoms with Gasteiger partial charge in [-0.25, -0.2) is 9.37 Å². The van der Waals surface area contributed by atoms with E-state index in [2.05, 4.69) is 14.9 Å². The third-order valence-electron chi connectivity index (χ3n) is 3.26. The number of imidazole rings is 1. The Balaban J connectivity index is 1.86. The van der Waals surface area contributed by atoms with Gasteiger partial charge in [0.2, 0.25) is 5.95 Å². The van der Waals surface area contributed by atoms with Gasteiger partial charge in [-0.3, -0.25) is 0 Å². The maximum Gasteiger partial charge on any atom is 0.203 e. The highest BCUT2D eigenvalue weighted by Crippen LogP contribution is 2.29. The first-order valence-electron chi connectivity index (χ1n) is 5.89. The van der Waals surface area contributed by atoms with Crippen molar-refractivity contribution >= 4 is 5.95 Å². The summed E-state index contributed by atoms with van der Waals surface area (Å²) in [5.74, 6) is 0.782. The van der Waals surface area contributed by atoms with Crippen LogP contribution in [-0.4, -0.2) is 16.7 Å². The van der Waals surface area contributed by atoms with Crippen molar-refractivity contribution in [2.45, 2.75) is 19.0 Å². The van der Waals surface area contributed by atoms with Gasteiger partial charge in [-0.1, -0.05) is 6.07 Å². The van der Waals surface area contributed by atoms with E-state index in [-0.39, 0.29) is 17.6 Å². The Morgan fingerprint density at radius 1 is 1.50 bits per heavy atom. The Labute approximate surface area is 104 Å². The van der Waals surface area contributed by atoms with Crippen LogP contribution in [0.25, 0.3) is 0 Å². The van der Waals surface area contributed by atoms with Crippen LogP contribution in [0.15, 0.2) is 30.6 Å². The molecule has 5 heteroatoms. The smallest absolute Gasteiger partial charge is 0.203 e. The molecule has 0 saturated carbocycles. The van der Waals surface area contributed by atoms with Gasteiger partial charge in [0.25, 0.3) is 0 Å². The summed E-state index contributed by atoms with van der Waals surface area (Å²) in [6.07, 6.45) is 4.61. The Bertz CT molecular complexity index is 567. The monoisotopic (exact) mass is 247 g/mol. The molecule has 0 saturated heterocycles. The first-order chi connectivity index (χ1) is 8.78. The predicted octanol–water partition coefficient (Wildman–Crippen LogP) is 2.59. The lowest BCUT2D eigenvalue weighted by Gasteiger charge is -2.26. The molecule has 0 bridgehead atoms. The van der Waals surface area contributed by atoms with Crippen molar-refractivity contribution in [2.75, 3.05) is 12.4 Å². The van der Waals surface area contributed by atoms with Crippen molar-refractivity contribution < 1.29 is 9.13 Å². The second kappa shape index (κ2) is 4.33. The molecule has 0 amide bonds. The average Bonchev–Trinajstić information content (AvgIpc) is 2.85. The van der Waals surface area contributed by atoms with E-state index in [0.717, 1.165) is 24.5 Å². The highest BCUT2D eigenvalue weighted by molar-refractivity contribution is 5.38. The van der Waals surface area contributed by atoms with Crippen LogP contribution in [0.4, 0.5) is 10.3 Å². The number of nitrogens with zero attached hydrogens (tertiary/aromatic N) is 2. The minimum atomic E-state index is -0.328. The van der Waals surface area contributed by atoms with Crippen LogP contribution in [0.2, 0.25) is 0 Å². The van der Waals surface area contributed by atoms with Gasteiger partial charge >= 0.3 is 0 Å². The van der Waals surface area contributed by atoms with Gasteiger partial charge in [0.05, 0.1) is 13.2 Å². The Morgan fingerprint density at radius 2 is 2.39 bits per heavy atom. The van der Waals surface area contributed by atoms with E-state index >= 15 is 0 Å². The summed E-state index contributed by atoms with van der Waals surface area (Å²) < 4.78 is 20.6. The maximum absolute atomic E-state index is 13.7. The number of fused-ring (bicyclic) bond motifs is 1. The normalized spacial score (nSPS) is 18.0. The van der Waals surface area contributed by atoms with Gasteiger partial charge in [0.1, 0.15) is 0 Å². The minimum Gasteiger partial charge on any atom is -0.494 e. The molecule has 0 fully saturated rings. The zero-order valence-corrected chi connectivity index (χ0v) is 10.1. The lowest BCUT2D eigenvalue weighted by Crippen LogP contribution is -2.22. The average molecular weight is 247 g/mol. The summed E-state index contributed by atoms with van der Waals surface area (Å²) in [5.41, 5.74) is 0.919. The quantitative estimate of drug-likeness (QED) is 0.886. The molecule has 1 N–H and O–H groups in total. The third-order valence-corrected chi connectivity index (χ3v) is 3.26. The fraction of sp³-hybridized carbons (Fsp3) is 0.308. The molecule has 18 heavy (non-hydrogen) atoms. The highest BCUT2D eigenvalue weighted by atomic mass is 19.1. The van der Waals surface area contributed by atoms with Gasteiger partial charge in [-0.05, 0) is 24.1 Å². The van der Waals surface area contributed by atoms with Gasteiger partial charge in [0, 0.05) is 18.9 Å². The van der Waals surface area contributed by atoms with Gasteiger partial charge < -0.3 is 14.6 Å². The molecule has 94 valence electrons. The van der Waals surface area contributed by atoms with Crippen LogP contribution in [0.3, 0.4) is 0 Å². The summed E-state index contributed by atoms with van der Waals surface area (Å²) >= 11 is 0. The third kappa shape index (κ3) is 1.81. The zero-order valence-electron chi connectivity index (χ0n) is 10.1. The Hall–Kier alpha value is -2.04. The van der Waals surface area contributed by atoms with E-state index in [9.17, 15) is 4.39 Å². The zero-order chi connectivity index (χ0) is 12.5. The summed E-state index contributed by atoms with van der Waals surface area (Å²) in [6, 6.07) is 5.17. The first kappa shape index (κ1) is 11.1. The van der Waals surface area contributed by atoms with Crippen LogP contribution in [0.1, 0.15) is 18.0 Å². The minimum absolute atomic E-state index is 0.0975. The molecule has 1 aromatic heterocycles. The topological polar surface area (TPSA) is 39.1 Å². The molecule has 2 aromatic rings. The Kier molecular flexibility index (Phi) is 2.66. The van der Waals surface area contributed by atoms with Gasteiger partial charge in [-0.2, -0.15) is 0 Å². The maximum atomic E-state index is 13.7. The second-order valence-corrected chi connectivity index (χ2v) is 4.32. The number of halogens is 1. The fourth-order valence-corrected chi connectivity index (χ4v) is 2.28. The highest BCUT2D eigenvalue weighted by Gasteiger charge is 2.20. The van der Waals surface area contributed by atoms with Crippen LogP contribution < -0.4 is 10.1 Å². The van der Waals surface area contributed by atoms with Crippen LogP contribution >= 0.6 is 0 Å². The van der Waals surface area contributed by atoms with E-state index < -0.39 is 0 Å². The number of benzene rings is 1. The molecule has 1 unspecified atom stereocenters. The molecule has 1 aromatic carbocycles. The molecule has 1 atom stereocenters. The SMILES string of the molecule is COc1ccc(C2CCn3ccnc3N2)cc1F. The van der Waals surface area contributed by atoms with Crippen LogP contribution in [0.5, 0.6) is 5.75 Å². The number of rotatable bonds is 2. The molecule has 1 aliphatic heterocycles. The number of aromatic nitrogens is 2. The number of nitrogens with one attached hydrogen (secondary N) is 1. The lowest BCUT2D eigenvalue weighted by molar-refractivity contribution is 0.385. The summed E-state index contributed by atoms with van der Waals surface area (Å²) in [4.78, 5) is 4.22. The molecule has 4 nitrogen and oxygen atoms in total. The molecule has 2 heterocycles. The van der Waals surface area contributed by atoms with Crippen LogP contribution in [0, 0.1) is 5.82 Å². The number of anilines is 1. The molecule has 0 radical (unpaired) electrons. The number of ether oxygens (including phenoxy) is 1. The molecule has 0 spiro atoms. The molecular weight excluding hydrogens is 233 g/mol. The molecule has 0 aliphatic carbocycles. The summed E-state index contributed by atoms with van der Waals surface area (Å²) in [6.45, 7) is 0.890. The largest absolute Gasteiger partial charge is 0.494 e. The molecule has 3 rings (SSSR count). The van der Waals surface area contributed by atoms with Crippen molar-refractivity contribution in [3.05, 3.63) is 42.0 Å². The van der Waals surface area contributed by atoms with Crippen molar-refractivity contribution in [1.29, 1.82) is 0 Å². The van der Waals surface area contributed by atoms with Crippen molar-refractivity contribution in [3.8, 4) is 5.75 Å². The van der Waals surface area contributed by atoms with E-state index in [0.29, 0.717) is 0 Å². The lowest BCUT2D eigenvalue weighted by atomic mass is 10.0. The summed E-state index contributed by atoms with van der Waals surface area (Å²) in [7, 11) is 1.47. The van der Waals surface area contributed by atoms with E-state index in [1.54, 1.807) is 12.3 Å². The number of methoxy groups -OCH3 is 1. The van der Waals surface area contributed by atoms with E-state index in [1.165, 1.54) is 13.2 Å². The van der Waals surface area contributed by atoms with Crippen molar-refractivity contribution in [1.82, 2.24) is 9.55 Å². The van der Waals surface area contributed by atoms with E-state index in [1.807, 2.05) is 12.3 Å². The Morgan fingerprint density at radius 3 is 3.17 bits per heavy atom. The van der Waals surface area contributed by atoms with Gasteiger partial charge in [0.15, 0.2) is 11.6 Å². The standard InChI is InChI=1S/C13H14FN3O/c1-18-12-3-2-9(8-10(12)14)11-4-6-17-7-5-15-13(17)16-11/h2-3,5,7-8,11H,4,6H2,1H3,(H,15,16). The number of hydrogen-bond donors (Lipinski definition) is 1. The van der Waals surface area contributed by atoms with Gasteiger partial charge in [-0.15, -0.1) is 0 Å². The second-order valence-electron chi connectivity index (χ2n) is 4.32. The predicted molar refractivity (Wildman–Crippen MR) is 66.2 cm³/mol. The van der Waals surface area contributed by atoms with E-state index in [4.69, 9.17) is 4.74 Å². The number of aryl methyl sites for hydroxylation is 1. The summed E-state index contributed by atoms with van der Waals surface area (Å²) in [5, 5.41) is 3.30. The fourth-order valence-electron chi connectivity index (χ4n) is 2.28. The van der Waals surface area contributed by atoms with Crippen molar-refractivity contribution in [3.63, 3.8) is 0 Å².